The molecule has 0 aliphatic carbocycles. The molecule has 1 rings (SSSR count). The Bertz CT molecular complexity index is 396. The lowest BCUT2D eigenvalue weighted by atomic mass is 10.1. The van der Waals surface area contributed by atoms with Gasteiger partial charge in [-0.25, -0.2) is 4.39 Å². The second-order valence-corrected chi connectivity index (χ2v) is 4.76. The summed E-state index contributed by atoms with van der Waals surface area (Å²) >= 11 is 3.22. The lowest BCUT2D eigenvalue weighted by Crippen LogP contribution is -2.27. The number of alkyl halides is 1. The summed E-state index contributed by atoms with van der Waals surface area (Å²) in [6.07, 6.45) is 0. The third-order valence-electron chi connectivity index (χ3n) is 2.08. The first-order valence-corrected chi connectivity index (χ1v) is 5.77. The Kier molecular flexibility index (Phi) is 4.29. The predicted molar refractivity (Wildman–Crippen MR) is 64.2 cm³/mol. The summed E-state index contributed by atoms with van der Waals surface area (Å²) in [5, 5.41) is 11.8. The van der Waals surface area contributed by atoms with Gasteiger partial charge in [0, 0.05) is 0 Å². The van der Waals surface area contributed by atoms with Gasteiger partial charge in [0.15, 0.2) is 11.6 Å². The monoisotopic (exact) mass is 289 g/mol. The van der Waals surface area contributed by atoms with Crippen molar-refractivity contribution in [3.8, 4) is 5.75 Å². The van der Waals surface area contributed by atoms with Gasteiger partial charge in [-0.3, -0.25) is 4.79 Å². The van der Waals surface area contributed by atoms with E-state index in [0.29, 0.717) is 0 Å². The highest BCUT2D eigenvalue weighted by Crippen LogP contribution is 2.26. The van der Waals surface area contributed by atoms with Crippen molar-refractivity contribution in [2.45, 2.75) is 18.7 Å². The van der Waals surface area contributed by atoms with E-state index in [2.05, 4.69) is 21.2 Å². The first-order valence-electron chi connectivity index (χ1n) is 4.86. The van der Waals surface area contributed by atoms with Gasteiger partial charge < -0.3 is 10.4 Å². The molecular weight excluding hydrogens is 277 g/mol. The molecule has 0 heterocycles. The molecule has 0 saturated heterocycles. The minimum Gasteiger partial charge on any atom is -0.503 e. The van der Waals surface area contributed by atoms with Crippen LogP contribution >= 0.6 is 15.9 Å². The van der Waals surface area contributed by atoms with Gasteiger partial charge in [0.1, 0.15) is 0 Å². The summed E-state index contributed by atoms with van der Waals surface area (Å²) in [5.41, 5.74) is 0.0788. The molecule has 16 heavy (non-hydrogen) atoms. The Morgan fingerprint density at radius 2 is 2.12 bits per heavy atom. The third kappa shape index (κ3) is 2.95. The van der Waals surface area contributed by atoms with Gasteiger partial charge in [0.2, 0.25) is 5.91 Å². The lowest BCUT2D eigenvalue weighted by Gasteiger charge is -2.14. The number of aromatic hydroxyl groups is 1. The standard InChI is InChI=1S/C11H13BrFNO2/c1-6(2)9(12)11(16)14-8-5-3-4-7(13)10(8)15/h3-6,9,15H,1-2H3,(H,14,16). The van der Waals surface area contributed by atoms with Crippen molar-refractivity contribution in [1.29, 1.82) is 0 Å². The van der Waals surface area contributed by atoms with Crippen molar-refractivity contribution in [3.05, 3.63) is 24.0 Å². The van der Waals surface area contributed by atoms with E-state index in [4.69, 9.17) is 0 Å². The summed E-state index contributed by atoms with van der Waals surface area (Å²) in [4.78, 5) is 11.2. The van der Waals surface area contributed by atoms with Crippen LogP contribution in [-0.2, 0) is 4.79 Å². The van der Waals surface area contributed by atoms with Crippen LogP contribution in [0.25, 0.3) is 0 Å². The molecule has 0 aliphatic rings. The molecular formula is C11H13BrFNO2. The Morgan fingerprint density at radius 1 is 1.50 bits per heavy atom. The normalized spacial score (nSPS) is 12.6. The lowest BCUT2D eigenvalue weighted by molar-refractivity contribution is -0.116. The Balaban J connectivity index is 2.81. The van der Waals surface area contributed by atoms with Crippen molar-refractivity contribution in [2.75, 3.05) is 5.32 Å². The van der Waals surface area contributed by atoms with Crippen molar-refractivity contribution in [2.24, 2.45) is 5.92 Å². The zero-order valence-corrected chi connectivity index (χ0v) is 10.6. The number of benzene rings is 1. The Hall–Kier alpha value is -1.10. The molecule has 0 saturated carbocycles. The summed E-state index contributed by atoms with van der Waals surface area (Å²) in [6, 6.07) is 3.98. The maximum Gasteiger partial charge on any atom is 0.238 e. The molecule has 1 amide bonds. The summed E-state index contributed by atoms with van der Waals surface area (Å²) < 4.78 is 13.0. The van der Waals surface area contributed by atoms with Gasteiger partial charge in [-0.05, 0) is 18.1 Å². The molecule has 5 heteroatoms. The van der Waals surface area contributed by atoms with E-state index in [1.165, 1.54) is 12.1 Å². The van der Waals surface area contributed by atoms with Gasteiger partial charge in [0.25, 0.3) is 0 Å². The number of hydrogen-bond acceptors (Lipinski definition) is 2. The van der Waals surface area contributed by atoms with Crippen LogP contribution < -0.4 is 5.32 Å². The number of halogens is 2. The average molecular weight is 290 g/mol. The molecule has 0 spiro atoms. The maximum atomic E-state index is 13.0. The van der Waals surface area contributed by atoms with Crippen molar-refractivity contribution in [1.82, 2.24) is 0 Å². The van der Waals surface area contributed by atoms with Crippen LogP contribution in [0, 0.1) is 11.7 Å². The number of phenols is 1. The van der Waals surface area contributed by atoms with E-state index in [1.807, 2.05) is 13.8 Å². The number of carbonyl (C=O) groups is 1. The topological polar surface area (TPSA) is 49.3 Å². The molecule has 1 unspecified atom stereocenters. The molecule has 1 aromatic rings. The average Bonchev–Trinajstić information content (AvgIpc) is 2.23. The Labute approximate surface area is 102 Å². The molecule has 0 bridgehead atoms. The molecule has 1 aromatic carbocycles. The molecule has 0 radical (unpaired) electrons. The van der Waals surface area contributed by atoms with Gasteiger partial charge >= 0.3 is 0 Å². The quantitative estimate of drug-likeness (QED) is 0.664. The van der Waals surface area contributed by atoms with Gasteiger partial charge in [0.05, 0.1) is 10.5 Å². The molecule has 0 aliphatic heterocycles. The van der Waals surface area contributed by atoms with Crippen molar-refractivity contribution < 1.29 is 14.3 Å². The molecule has 3 nitrogen and oxygen atoms in total. The van der Waals surface area contributed by atoms with Crippen LogP contribution in [0.2, 0.25) is 0 Å². The van der Waals surface area contributed by atoms with Gasteiger partial charge in [-0.2, -0.15) is 0 Å². The maximum absolute atomic E-state index is 13.0. The third-order valence-corrected chi connectivity index (χ3v) is 3.55. The molecule has 0 fully saturated rings. The molecule has 0 aromatic heterocycles. The van der Waals surface area contributed by atoms with Crippen LogP contribution in [-0.4, -0.2) is 15.8 Å². The smallest absolute Gasteiger partial charge is 0.238 e. The van der Waals surface area contributed by atoms with Gasteiger partial charge in [-0.1, -0.05) is 35.8 Å². The number of para-hydroxylation sites is 1. The fraction of sp³-hybridized carbons (Fsp3) is 0.364. The van der Waals surface area contributed by atoms with Crippen LogP contribution in [0.3, 0.4) is 0 Å². The number of anilines is 1. The summed E-state index contributed by atoms with van der Waals surface area (Å²) in [6.45, 7) is 3.76. The van der Waals surface area contributed by atoms with E-state index >= 15 is 0 Å². The van der Waals surface area contributed by atoms with Crippen molar-refractivity contribution >= 4 is 27.5 Å². The molecule has 2 N–H and O–H groups in total. The predicted octanol–water partition coefficient (Wildman–Crippen LogP) is 2.89. The minimum absolute atomic E-state index is 0.0788. The van der Waals surface area contributed by atoms with E-state index in [1.54, 1.807) is 0 Å². The number of rotatable bonds is 3. The fourth-order valence-corrected chi connectivity index (χ4v) is 1.24. The summed E-state index contributed by atoms with van der Waals surface area (Å²) in [5.74, 6) is -1.50. The number of carbonyl (C=O) groups excluding carboxylic acids is 1. The van der Waals surface area contributed by atoms with E-state index in [9.17, 15) is 14.3 Å². The minimum atomic E-state index is -0.756. The Morgan fingerprint density at radius 3 is 2.69 bits per heavy atom. The van der Waals surface area contributed by atoms with Gasteiger partial charge in [-0.15, -0.1) is 0 Å². The number of hydrogen-bond donors (Lipinski definition) is 2. The van der Waals surface area contributed by atoms with Crippen LogP contribution in [0.1, 0.15) is 13.8 Å². The summed E-state index contributed by atoms with van der Waals surface area (Å²) in [7, 11) is 0. The second kappa shape index (κ2) is 5.30. The number of phenolic OH excluding ortho intramolecular Hbond substituents is 1. The zero-order valence-electron chi connectivity index (χ0n) is 9.00. The van der Waals surface area contributed by atoms with E-state index in [-0.39, 0.29) is 22.3 Å². The van der Waals surface area contributed by atoms with E-state index < -0.39 is 11.6 Å². The SMILES string of the molecule is CC(C)C(Br)C(=O)Nc1cccc(F)c1O. The first kappa shape index (κ1) is 13.0. The van der Waals surface area contributed by atoms with Crippen LogP contribution in [0.5, 0.6) is 5.75 Å². The van der Waals surface area contributed by atoms with Crippen LogP contribution in [0.15, 0.2) is 18.2 Å². The highest BCUT2D eigenvalue weighted by Gasteiger charge is 2.20. The zero-order chi connectivity index (χ0) is 12.3. The molecule has 1 atom stereocenters. The second-order valence-electron chi connectivity index (χ2n) is 3.77. The molecule has 88 valence electrons. The fourth-order valence-electron chi connectivity index (χ4n) is 1.12. The number of amides is 1. The van der Waals surface area contributed by atoms with Crippen LogP contribution in [0.4, 0.5) is 10.1 Å². The number of nitrogens with one attached hydrogen (secondary N) is 1. The van der Waals surface area contributed by atoms with E-state index in [0.717, 1.165) is 6.07 Å². The highest BCUT2D eigenvalue weighted by atomic mass is 79.9. The highest BCUT2D eigenvalue weighted by molar-refractivity contribution is 9.10. The van der Waals surface area contributed by atoms with Crippen molar-refractivity contribution in [3.63, 3.8) is 0 Å². The largest absolute Gasteiger partial charge is 0.503 e. The first-order chi connectivity index (χ1) is 7.43.